The van der Waals surface area contributed by atoms with Crippen LogP contribution >= 0.6 is 0 Å². The summed E-state index contributed by atoms with van der Waals surface area (Å²) in [5.41, 5.74) is 7.03. The molecule has 1 fully saturated rings. The standard InChI is InChI=1S/C15H20F3NO/c1-10-5-6-13(20-2)12(8-10)14(19)7-3-4-11(9-14)15(16,17)18/h5-6,8,11H,3-4,7,9,19H2,1-2H3. The first-order chi connectivity index (χ1) is 9.26. The van der Waals surface area contributed by atoms with E-state index in [1.807, 2.05) is 19.1 Å². The van der Waals surface area contributed by atoms with Crippen molar-refractivity contribution in [2.24, 2.45) is 11.7 Å². The van der Waals surface area contributed by atoms with Crippen LogP contribution in [0.4, 0.5) is 13.2 Å². The van der Waals surface area contributed by atoms with Crippen molar-refractivity contribution < 1.29 is 17.9 Å². The molecule has 2 rings (SSSR count). The highest BCUT2D eigenvalue weighted by Crippen LogP contribution is 2.46. The number of nitrogens with two attached hydrogens (primary N) is 1. The molecule has 0 radical (unpaired) electrons. The molecule has 0 bridgehead atoms. The molecule has 0 saturated heterocycles. The molecular formula is C15H20F3NO. The molecule has 112 valence electrons. The molecule has 1 aliphatic rings. The van der Waals surface area contributed by atoms with E-state index in [-0.39, 0.29) is 12.8 Å². The maximum absolute atomic E-state index is 13.0. The van der Waals surface area contributed by atoms with E-state index in [1.165, 1.54) is 7.11 Å². The molecule has 5 heteroatoms. The van der Waals surface area contributed by atoms with Gasteiger partial charge in [-0.2, -0.15) is 13.2 Å². The number of hydrogen-bond donors (Lipinski definition) is 1. The third kappa shape index (κ3) is 2.92. The van der Waals surface area contributed by atoms with Crippen LogP contribution in [0.2, 0.25) is 0 Å². The van der Waals surface area contributed by atoms with Crippen molar-refractivity contribution in [1.82, 2.24) is 0 Å². The van der Waals surface area contributed by atoms with E-state index in [2.05, 4.69) is 0 Å². The number of halogens is 3. The Labute approximate surface area is 117 Å². The first-order valence-corrected chi connectivity index (χ1v) is 6.77. The largest absolute Gasteiger partial charge is 0.496 e. The Morgan fingerprint density at radius 3 is 2.65 bits per heavy atom. The van der Waals surface area contributed by atoms with Crippen LogP contribution < -0.4 is 10.5 Å². The summed E-state index contributed by atoms with van der Waals surface area (Å²) in [5, 5.41) is 0. The van der Waals surface area contributed by atoms with Crippen molar-refractivity contribution in [1.29, 1.82) is 0 Å². The maximum Gasteiger partial charge on any atom is 0.391 e. The van der Waals surface area contributed by atoms with Gasteiger partial charge in [0.1, 0.15) is 5.75 Å². The average Bonchev–Trinajstić information content (AvgIpc) is 2.38. The van der Waals surface area contributed by atoms with Crippen LogP contribution in [0.1, 0.15) is 36.8 Å². The monoisotopic (exact) mass is 287 g/mol. The summed E-state index contributed by atoms with van der Waals surface area (Å²) in [4.78, 5) is 0. The van der Waals surface area contributed by atoms with Gasteiger partial charge >= 0.3 is 6.18 Å². The van der Waals surface area contributed by atoms with E-state index in [0.717, 1.165) is 5.56 Å². The van der Waals surface area contributed by atoms with Gasteiger partial charge in [0, 0.05) is 11.1 Å². The Bertz CT molecular complexity index is 486. The Kier molecular flexibility index (Phi) is 4.00. The quantitative estimate of drug-likeness (QED) is 0.895. The highest BCUT2D eigenvalue weighted by Gasteiger charge is 2.47. The highest BCUT2D eigenvalue weighted by molar-refractivity contribution is 5.42. The van der Waals surface area contributed by atoms with E-state index >= 15 is 0 Å². The zero-order chi connectivity index (χ0) is 15.0. The van der Waals surface area contributed by atoms with Gasteiger partial charge < -0.3 is 10.5 Å². The fraction of sp³-hybridized carbons (Fsp3) is 0.600. The SMILES string of the molecule is COc1ccc(C)cc1C1(N)CCCC(C(F)(F)F)C1. The summed E-state index contributed by atoms with van der Waals surface area (Å²) in [6, 6.07) is 5.49. The minimum absolute atomic E-state index is 0.0731. The Morgan fingerprint density at radius 2 is 2.05 bits per heavy atom. The fourth-order valence-electron chi connectivity index (χ4n) is 3.04. The number of rotatable bonds is 2. The highest BCUT2D eigenvalue weighted by atomic mass is 19.4. The van der Waals surface area contributed by atoms with Gasteiger partial charge in [-0.25, -0.2) is 0 Å². The van der Waals surface area contributed by atoms with Gasteiger partial charge in [-0.15, -0.1) is 0 Å². The summed E-state index contributed by atoms with van der Waals surface area (Å²) in [6.07, 6.45) is -3.05. The number of ether oxygens (including phenoxy) is 1. The number of aryl methyl sites for hydroxylation is 1. The van der Waals surface area contributed by atoms with Crippen LogP contribution in [0.3, 0.4) is 0 Å². The third-order valence-electron chi connectivity index (χ3n) is 4.14. The molecule has 20 heavy (non-hydrogen) atoms. The Balaban J connectivity index is 2.37. The third-order valence-corrected chi connectivity index (χ3v) is 4.14. The molecule has 0 heterocycles. The van der Waals surface area contributed by atoms with Gasteiger partial charge in [0.25, 0.3) is 0 Å². The molecule has 2 atom stereocenters. The van der Waals surface area contributed by atoms with Gasteiger partial charge in [-0.3, -0.25) is 0 Å². The van der Waals surface area contributed by atoms with E-state index < -0.39 is 17.6 Å². The predicted molar refractivity (Wildman–Crippen MR) is 71.6 cm³/mol. The van der Waals surface area contributed by atoms with Crippen LogP contribution in [0, 0.1) is 12.8 Å². The van der Waals surface area contributed by atoms with Crippen LogP contribution in [-0.2, 0) is 5.54 Å². The number of alkyl halides is 3. The minimum atomic E-state index is -4.18. The number of benzene rings is 1. The summed E-state index contributed by atoms with van der Waals surface area (Å²) >= 11 is 0. The Morgan fingerprint density at radius 1 is 1.35 bits per heavy atom. The predicted octanol–water partition coefficient (Wildman–Crippen LogP) is 3.91. The molecule has 0 aliphatic heterocycles. The molecule has 2 N–H and O–H groups in total. The van der Waals surface area contributed by atoms with Gasteiger partial charge in [0.15, 0.2) is 0 Å². The van der Waals surface area contributed by atoms with Crippen molar-refractivity contribution in [3.8, 4) is 5.75 Å². The summed E-state index contributed by atoms with van der Waals surface area (Å²) in [5.74, 6) is -0.757. The van der Waals surface area contributed by atoms with Gasteiger partial charge in [-0.05, 0) is 32.3 Å². The lowest BCUT2D eigenvalue weighted by molar-refractivity contribution is -0.187. The molecule has 0 aromatic heterocycles. The smallest absolute Gasteiger partial charge is 0.391 e. The number of hydrogen-bond acceptors (Lipinski definition) is 2. The summed E-state index contributed by atoms with van der Waals surface area (Å²) < 4.78 is 44.2. The van der Waals surface area contributed by atoms with Crippen LogP contribution in [0.25, 0.3) is 0 Å². The lowest BCUT2D eigenvalue weighted by Crippen LogP contribution is -2.45. The zero-order valence-electron chi connectivity index (χ0n) is 11.8. The second kappa shape index (κ2) is 5.28. The van der Waals surface area contributed by atoms with Crippen molar-refractivity contribution >= 4 is 0 Å². The van der Waals surface area contributed by atoms with E-state index in [9.17, 15) is 13.2 Å². The first kappa shape index (κ1) is 15.2. The molecular weight excluding hydrogens is 267 g/mol. The fourth-order valence-corrected chi connectivity index (χ4v) is 3.04. The molecule has 1 saturated carbocycles. The molecule has 0 spiro atoms. The van der Waals surface area contributed by atoms with Crippen molar-refractivity contribution in [2.45, 2.75) is 44.3 Å². The molecule has 1 aromatic rings. The van der Waals surface area contributed by atoms with Crippen LogP contribution in [0.5, 0.6) is 5.75 Å². The van der Waals surface area contributed by atoms with Crippen molar-refractivity contribution in [3.05, 3.63) is 29.3 Å². The van der Waals surface area contributed by atoms with Crippen molar-refractivity contribution in [3.63, 3.8) is 0 Å². The van der Waals surface area contributed by atoms with Crippen LogP contribution in [-0.4, -0.2) is 13.3 Å². The van der Waals surface area contributed by atoms with Gasteiger partial charge in [0.2, 0.25) is 0 Å². The lowest BCUT2D eigenvalue weighted by Gasteiger charge is -2.39. The zero-order valence-corrected chi connectivity index (χ0v) is 11.8. The summed E-state index contributed by atoms with van der Waals surface area (Å²) in [6.45, 7) is 1.90. The second-order valence-electron chi connectivity index (χ2n) is 5.69. The normalized spacial score (nSPS) is 27.4. The topological polar surface area (TPSA) is 35.2 Å². The van der Waals surface area contributed by atoms with E-state index in [1.54, 1.807) is 6.07 Å². The molecule has 1 aliphatic carbocycles. The molecule has 0 amide bonds. The maximum atomic E-state index is 13.0. The van der Waals surface area contributed by atoms with Gasteiger partial charge in [0.05, 0.1) is 13.0 Å². The summed E-state index contributed by atoms with van der Waals surface area (Å²) in [7, 11) is 1.52. The number of methoxy groups -OCH3 is 1. The van der Waals surface area contributed by atoms with E-state index in [4.69, 9.17) is 10.5 Å². The second-order valence-corrected chi connectivity index (χ2v) is 5.69. The molecule has 2 unspecified atom stereocenters. The minimum Gasteiger partial charge on any atom is -0.496 e. The average molecular weight is 287 g/mol. The van der Waals surface area contributed by atoms with Gasteiger partial charge in [-0.1, -0.05) is 24.1 Å². The molecule has 2 nitrogen and oxygen atoms in total. The van der Waals surface area contributed by atoms with Crippen molar-refractivity contribution in [2.75, 3.05) is 7.11 Å². The van der Waals surface area contributed by atoms with E-state index in [0.29, 0.717) is 24.2 Å². The van der Waals surface area contributed by atoms with Crippen LogP contribution in [0.15, 0.2) is 18.2 Å². The lowest BCUT2D eigenvalue weighted by atomic mass is 9.72. The molecule has 1 aromatic carbocycles. The Hall–Kier alpha value is -1.23. The first-order valence-electron chi connectivity index (χ1n) is 6.77.